The van der Waals surface area contributed by atoms with E-state index in [0.717, 1.165) is 27.3 Å². The molecule has 0 aliphatic carbocycles. The van der Waals surface area contributed by atoms with Crippen molar-refractivity contribution < 1.29 is 26.4 Å². The molecular weight excluding hydrogens is 562 g/mol. The van der Waals surface area contributed by atoms with Crippen molar-refractivity contribution in [3.63, 3.8) is 0 Å². The molecule has 0 heterocycles. The largest absolute Gasteiger partial charge is 0.489 e. The lowest BCUT2D eigenvalue weighted by Crippen LogP contribution is -2.37. The van der Waals surface area contributed by atoms with Crippen LogP contribution in [0.2, 0.25) is 0 Å². The molecule has 4 aromatic carbocycles. The molecule has 1 amide bonds. The molecule has 0 bridgehead atoms. The van der Waals surface area contributed by atoms with Gasteiger partial charge in [0.1, 0.15) is 18.9 Å². The maximum atomic E-state index is 12.9. The highest BCUT2D eigenvalue weighted by Gasteiger charge is 2.21. The predicted molar refractivity (Wildman–Crippen MR) is 161 cm³/mol. The summed E-state index contributed by atoms with van der Waals surface area (Å²) >= 11 is 0. The van der Waals surface area contributed by atoms with Crippen molar-refractivity contribution in [2.75, 3.05) is 27.1 Å². The van der Waals surface area contributed by atoms with Crippen molar-refractivity contribution in [3.05, 3.63) is 114 Å². The molecule has 0 saturated carbocycles. The number of anilines is 3. The van der Waals surface area contributed by atoms with E-state index in [1.807, 2.05) is 56.3 Å². The van der Waals surface area contributed by atoms with Crippen LogP contribution in [0.3, 0.4) is 0 Å². The molecular formula is C30H31N3O6S2. The average molecular weight is 594 g/mol. The highest BCUT2D eigenvalue weighted by atomic mass is 32.2. The Kier molecular flexibility index (Phi) is 8.99. The van der Waals surface area contributed by atoms with E-state index in [4.69, 9.17) is 4.74 Å². The summed E-state index contributed by atoms with van der Waals surface area (Å²) in [4.78, 5) is 12.8. The Labute approximate surface area is 240 Å². The van der Waals surface area contributed by atoms with E-state index in [9.17, 15) is 21.6 Å². The number of sulfonamides is 2. The van der Waals surface area contributed by atoms with Crippen molar-refractivity contribution in [2.45, 2.75) is 25.3 Å². The van der Waals surface area contributed by atoms with E-state index in [1.165, 1.54) is 24.3 Å². The molecule has 0 saturated heterocycles. The Morgan fingerprint density at radius 3 is 2.12 bits per heavy atom. The van der Waals surface area contributed by atoms with Crippen molar-refractivity contribution in [3.8, 4) is 5.75 Å². The van der Waals surface area contributed by atoms with Gasteiger partial charge >= 0.3 is 0 Å². The molecule has 0 aromatic heterocycles. The van der Waals surface area contributed by atoms with Crippen LogP contribution in [0.15, 0.2) is 102 Å². The number of ether oxygens (including phenoxy) is 1. The molecule has 41 heavy (non-hydrogen) atoms. The fourth-order valence-corrected chi connectivity index (χ4v) is 5.93. The van der Waals surface area contributed by atoms with Gasteiger partial charge in [-0.1, -0.05) is 42.5 Å². The fraction of sp³-hybridized carbons (Fsp3) is 0.167. The summed E-state index contributed by atoms with van der Waals surface area (Å²) in [5, 5.41) is 2.62. The first-order valence-corrected chi connectivity index (χ1v) is 16.0. The number of carbonyl (C=O) groups is 1. The van der Waals surface area contributed by atoms with Crippen LogP contribution in [-0.2, 0) is 31.4 Å². The van der Waals surface area contributed by atoms with Gasteiger partial charge in [-0.05, 0) is 85.1 Å². The first-order chi connectivity index (χ1) is 19.4. The normalized spacial score (nSPS) is 11.5. The highest BCUT2D eigenvalue weighted by molar-refractivity contribution is 7.92. The third-order valence-corrected chi connectivity index (χ3v) is 8.67. The molecule has 4 aromatic rings. The van der Waals surface area contributed by atoms with Crippen molar-refractivity contribution in [1.82, 2.24) is 0 Å². The van der Waals surface area contributed by atoms with Gasteiger partial charge in [0, 0.05) is 5.69 Å². The number of aryl methyl sites for hydroxylation is 2. The van der Waals surface area contributed by atoms with Gasteiger partial charge in [0.2, 0.25) is 15.9 Å². The Hall–Kier alpha value is -4.35. The predicted octanol–water partition coefficient (Wildman–Crippen LogP) is 5.09. The first-order valence-electron chi connectivity index (χ1n) is 12.7. The minimum atomic E-state index is -3.86. The molecule has 9 nitrogen and oxygen atoms in total. The van der Waals surface area contributed by atoms with E-state index in [-0.39, 0.29) is 4.90 Å². The zero-order chi connectivity index (χ0) is 29.6. The van der Waals surface area contributed by atoms with Crippen LogP contribution in [0.1, 0.15) is 16.7 Å². The van der Waals surface area contributed by atoms with Gasteiger partial charge in [-0.15, -0.1) is 0 Å². The van der Waals surface area contributed by atoms with Crippen LogP contribution < -0.4 is 19.1 Å². The maximum absolute atomic E-state index is 12.9. The summed E-state index contributed by atoms with van der Waals surface area (Å²) in [6.45, 7) is 3.57. The smallest absolute Gasteiger partial charge is 0.261 e. The molecule has 0 spiro atoms. The Morgan fingerprint density at radius 2 is 1.49 bits per heavy atom. The topological polar surface area (TPSA) is 122 Å². The summed E-state index contributed by atoms with van der Waals surface area (Å²) in [6, 6.07) is 27.1. The van der Waals surface area contributed by atoms with Crippen LogP contribution in [0.4, 0.5) is 17.1 Å². The Morgan fingerprint density at radius 1 is 0.829 bits per heavy atom. The number of benzene rings is 4. The number of nitrogens with zero attached hydrogens (tertiary/aromatic N) is 1. The third kappa shape index (κ3) is 8.09. The number of amides is 1. The standard InChI is InChI=1S/C30H31N3O6S2/c1-22-9-10-23(2)29(19-22)32-41(37,38)28-17-11-25(12-18-28)31-30(34)20-33(40(3,35)36)26-13-15-27(16-14-26)39-21-24-7-5-4-6-8-24/h4-19,32H,20-21H2,1-3H3,(H,31,34). The molecule has 0 unspecified atom stereocenters. The molecule has 0 atom stereocenters. The number of carbonyl (C=O) groups excluding carboxylic acids is 1. The van der Waals surface area contributed by atoms with Gasteiger partial charge in [-0.3, -0.25) is 13.8 Å². The SMILES string of the molecule is Cc1ccc(C)c(NS(=O)(=O)c2ccc(NC(=O)CN(c3ccc(OCc4ccccc4)cc3)S(C)(=O)=O)cc2)c1. The molecule has 0 aliphatic rings. The van der Waals surface area contributed by atoms with Crippen LogP contribution in [0.5, 0.6) is 5.75 Å². The Balaban J connectivity index is 1.40. The molecule has 0 fully saturated rings. The lowest BCUT2D eigenvalue weighted by Gasteiger charge is -2.22. The number of hydrogen-bond donors (Lipinski definition) is 2. The average Bonchev–Trinajstić information content (AvgIpc) is 2.93. The van der Waals surface area contributed by atoms with Crippen LogP contribution in [0.25, 0.3) is 0 Å². The number of rotatable bonds is 11. The summed E-state index contributed by atoms with van der Waals surface area (Å²) < 4.78 is 60.1. The summed E-state index contributed by atoms with van der Waals surface area (Å²) in [5.41, 5.74) is 3.80. The van der Waals surface area contributed by atoms with Gasteiger partial charge in [-0.25, -0.2) is 16.8 Å². The molecule has 0 radical (unpaired) electrons. The molecule has 214 valence electrons. The zero-order valence-electron chi connectivity index (χ0n) is 22.9. The van der Waals surface area contributed by atoms with Crippen molar-refractivity contribution >= 4 is 43.0 Å². The van der Waals surface area contributed by atoms with Gasteiger partial charge in [-0.2, -0.15) is 0 Å². The van der Waals surface area contributed by atoms with E-state index in [2.05, 4.69) is 10.0 Å². The maximum Gasteiger partial charge on any atom is 0.261 e. The van der Waals surface area contributed by atoms with Crippen LogP contribution in [-0.4, -0.2) is 35.5 Å². The summed E-state index contributed by atoms with van der Waals surface area (Å²) in [7, 11) is -7.65. The van der Waals surface area contributed by atoms with Crippen molar-refractivity contribution in [1.29, 1.82) is 0 Å². The summed E-state index contributed by atoms with van der Waals surface area (Å²) in [6.07, 6.45) is 1.02. The summed E-state index contributed by atoms with van der Waals surface area (Å²) in [5.74, 6) is -0.0402. The zero-order valence-corrected chi connectivity index (χ0v) is 24.5. The second kappa shape index (κ2) is 12.4. The fourth-order valence-electron chi connectivity index (χ4n) is 3.95. The third-order valence-electron chi connectivity index (χ3n) is 6.15. The van der Waals surface area contributed by atoms with Gasteiger partial charge in [0.25, 0.3) is 10.0 Å². The Bertz CT molecular complexity index is 1720. The van der Waals surface area contributed by atoms with Gasteiger partial charge < -0.3 is 10.1 Å². The highest BCUT2D eigenvalue weighted by Crippen LogP contribution is 2.24. The van der Waals surface area contributed by atoms with Gasteiger partial charge in [0.15, 0.2) is 0 Å². The lowest BCUT2D eigenvalue weighted by atomic mass is 10.1. The molecule has 2 N–H and O–H groups in total. The molecule has 4 rings (SSSR count). The lowest BCUT2D eigenvalue weighted by molar-refractivity contribution is -0.114. The van der Waals surface area contributed by atoms with Crippen molar-refractivity contribution in [2.24, 2.45) is 0 Å². The van der Waals surface area contributed by atoms with E-state index in [1.54, 1.807) is 30.3 Å². The quantitative estimate of drug-likeness (QED) is 0.250. The van der Waals surface area contributed by atoms with Gasteiger partial charge in [0.05, 0.1) is 22.5 Å². The van der Waals surface area contributed by atoms with E-state index in [0.29, 0.717) is 29.4 Å². The van der Waals surface area contributed by atoms with E-state index >= 15 is 0 Å². The first kappa shape index (κ1) is 29.6. The minimum absolute atomic E-state index is 0.0174. The minimum Gasteiger partial charge on any atom is -0.489 e. The van der Waals surface area contributed by atoms with E-state index < -0.39 is 32.5 Å². The molecule has 11 heteroatoms. The van der Waals surface area contributed by atoms with Crippen LogP contribution in [0, 0.1) is 13.8 Å². The molecule has 0 aliphatic heterocycles. The number of hydrogen-bond acceptors (Lipinski definition) is 6. The second-order valence-electron chi connectivity index (χ2n) is 9.53. The number of nitrogens with one attached hydrogen (secondary N) is 2. The monoisotopic (exact) mass is 593 g/mol. The second-order valence-corrected chi connectivity index (χ2v) is 13.1. The van der Waals surface area contributed by atoms with Crippen LogP contribution >= 0.6 is 0 Å².